The van der Waals surface area contributed by atoms with Gasteiger partial charge in [-0.25, -0.2) is 4.98 Å². The lowest BCUT2D eigenvalue weighted by Gasteiger charge is -2.12. The second kappa shape index (κ2) is 9.74. The molecule has 0 spiro atoms. The third kappa shape index (κ3) is 3.65. The molecule has 3 heteroatoms. The topological polar surface area (TPSA) is 26.0 Å². The van der Waals surface area contributed by atoms with E-state index in [1.54, 1.807) is 0 Å². The average Bonchev–Trinajstić information content (AvgIpc) is 3.72. The van der Waals surface area contributed by atoms with Crippen molar-refractivity contribution in [1.82, 2.24) is 4.98 Å². The van der Waals surface area contributed by atoms with Crippen molar-refractivity contribution in [3.8, 4) is 22.4 Å². The van der Waals surface area contributed by atoms with Gasteiger partial charge in [0.1, 0.15) is 11.2 Å². The molecule has 0 radical (unpaired) electrons. The Morgan fingerprint density at radius 2 is 1.12 bits per heavy atom. The Hall–Kier alpha value is -6.03. The van der Waals surface area contributed by atoms with Gasteiger partial charge in [-0.1, -0.05) is 121 Å². The van der Waals surface area contributed by atoms with Crippen molar-refractivity contribution >= 4 is 96.7 Å². The Labute approximate surface area is 279 Å². The number of para-hydroxylation sites is 1. The van der Waals surface area contributed by atoms with Crippen LogP contribution in [0.1, 0.15) is 0 Å². The summed E-state index contributed by atoms with van der Waals surface area (Å²) in [6.45, 7) is 0. The molecule has 48 heavy (non-hydrogen) atoms. The molecule has 0 saturated carbocycles. The van der Waals surface area contributed by atoms with E-state index < -0.39 is 0 Å². The normalized spacial score (nSPS) is 12.2. The van der Waals surface area contributed by atoms with E-state index in [0.717, 1.165) is 44.5 Å². The molecule has 11 rings (SSSR count). The summed E-state index contributed by atoms with van der Waals surface area (Å²) in [6.07, 6.45) is 0. The maximum absolute atomic E-state index is 6.73. The van der Waals surface area contributed by atoms with Crippen LogP contribution < -0.4 is 0 Å². The van der Waals surface area contributed by atoms with Crippen LogP contribution in [0.2, 0.25) is 0 Å². The Morgan fingerprint density at radius 3 is 1.98 bits per heavy atom. The number of nitrogens with zero attached hydrogens (tertiary/aromatic N) is 1. The summed E-state index contributed by atoms with van der Waals surface area (Å²) in [7, 11) is 0. The van der Waals surface area contributed by atoms with Gasteiger partial charge >= 0.3 is 0 Å². The molecule has 0 aliphatic rings. The van der Waals surface area contributed by atoms with Crippen molar-refractivity contribution in [2.75, 3.05) is 0 Å². The van der Waals surface area contributed by atoms with Gasteiger partial charge in [-0.05, 0) is 57.4 Å². The number of hydrogen-bond acceptors (Lipinski definition) is 3. The van der Waals surface area contributed by atoms with E-state index in [-0.39, 0.29) is 0 Å². The van der Waals surface area contributed by atoms with Gasteiger partial charge in [-0.15, -0.1) is 11.3 Å². The van der Waals surface area contributed by atoms with E-state index in [4.69, 9.17) is 9.40 Å². The van der Waals surface area contributed by atoms with Gasteiger partial charge < -0.3 is 4.42 Å². The zero-order valence-corrected chi connectivity index (χ0v) is 26.5. The number of thiophene rings is 1. The third-order valence-corrected chi connectivity index (χ3v) is 11.2. The van der Waals surface area contributed by atoms with Crippen LogP contribution in [0.4, 0.5) is 0 Å². The maximum atomic E-state index is 6.73. The van der Waals surface area contributed by atoms with Crippen molar-refractivity contribution in [2.24, 2.45) is 0 Å². The van der Waals surface area contributed by atoms with E-state index in [1.807, 2.05) is 11.3 Å². The standard InChI is InChI=1S/C45H25NOS/c1-2-10-29-25-39-37(23-28(29)9-1)41-31-12-4-3-11-30(31)24-36(44(41)47-39)26-17-19-27(20-18-26)43-35-22-21-33-32-13-6-8-16-40(32)48-45(33)42(35)34-14-5-7-15-38(34)46-43/h1-25H. The molecule has 0 bridgehead atoms. The number of pyridine rings is 1. The second-order valence-corrected chi connectivity index (χ2v) is 13.7. The largest absolute Gasteiger partial charge is 0.455 e. The van der Waals surface area contributed by atoms with Gasteiger partial charge in [0.2, 0.25) is 0 Å². The Bertz CT molecular complexity index is 3070. The van der Waals surface area contributed by atoms with Gasteiger partial charge in [0, 0.05) is 58.2 Å². The highest BCUT2D eigenvalue weighted by Crippen LogP contribution is 2.45. The molecule has 0 N–H and O–H groups in total. The van der Waals surface area contributed by atoms with E-state index in [1.165, 1.54) is 63.3 Å². The number of rotatable bonds is 2. The van der Waals surface area contributed by atoms with E-state index in [0.29, 0.717) is 0 Å². The average molecular weight is 628 g/mol. The lowest BCUT2D eigenvalue weighted by atomic mass is 9.94. The molecule has 2 nitrogen and oxygen atoms in total. The van der Waals surface area contributed by atoms with Crippen LogP contribution >= 0.6 is 11.3 Å². The monoisotopic (exact) mass is 627 g/mol. The van der Waals surface area contributed by atoms with Gasteiger partial charge in [0.25, 0.3) is 0 Å². The summed E-state index contributed by atoms with van der Waals surface area (Å²) >= 11 is 1.88. The van der Waals surface area contributed by atoms with Crippen molar-refractivity contribution in [1.29, 1.82) is 0 Å². The molecule has 0 unspecified atom stereocenters. The highest BCUT2D eigenvalue weighted by atomic mass is 32.1. The summed E-state index contributed by atoms with van der Waals surface area (Å²) in [5.74, 6) is 0. The first-order chi connectivity index (χ1) is 23.8. The number of fused-ring (bicyclic) bond motifs is 13. The molecular weight excluding hydrogens is 603 g/mol. The van der Waals surface area contributed by atoms with Crippen LogP contribution in [0.15, 0.2) is 156 Å². The predicted octanol–water partition coefficient (Wildman–Crippen LogP) is 13.3. The van der Waals surface area contributed by atoms with Gasteiger partial charge in [-0.2, -0.15) is 0 Å². The molecule has 0 aliphatic heterocycles. The number of aromatic nitrogens is 1. The van der Waals surface area contributed by atoms with Crippen LogP contribution in [-0.4, -0.2) is 4.98 Å². The fourth-order valence-electron chi connectivity index (χ4n) is 7.77. The third-order valence-electron chi connectivity index (χ3n) is 10.0. The van der Waals surface area contributed by atoms with Crippen LogP contribution in [-0.2, 0) is 0 Å². The molecule has 0 saturated heterocycles. The van der Waals surface area contributed by atoms with E-state index in [9.17, 15) is 0 Å². The molecule has 222 valence electrons. The molecule has 0 aliphatic carbocycles. The SMILES string of the molecule is c1ccc2cc3c(cc2c1)oc1c(-c2ccc(-c4nc5ccccc5c5c4ccc4c6ccccc6sc45)cc2)cc2ccccc2c13. The van der Waals surface area contributed by atoms with E-state index >= 15 is 0 Å². The van der Waals surface area contributed by atoms with Crippen LogP contribution in [0.5, 0.6) is 0 Å². The molecule has 8 aromatic carbocycles. The summed E-state index contributed by atoms with van der Waals surface area (Å²) in [6, 6.07) is 54.6. The quantitative estimate of drug-likeness (QED) is 0.178. The Balaban J connectivity index is 1.14. The molecule has 0 atom stereocenters. The Morgan fingerprint density at radius 1 is 0.458 bits per heavy atom. The molecule has 0 amide bonds. The highest BCUT2D eigenvalue weighted by Gasteiger charge is 2.19. The second-order valence-electron chi connectivity index (χ2n) is 12.7. The number of hydrogen-bond donors (Lipinski definition) is 0. The Kier molecular flexibility index (Phi) is 5.29. The van der Waals surface area contributed by atoms with Crippen molar-refractivity contribution in [2.45, 2.75) is 0 Å². The molecular formula is C45H25NOS. The van der Waals surface area contributed by atoms with Crippen LogP contribution in [0.3, 0.4) is 0 Å². The first-order valence-electron chi connectivity index (χ1n) is 16.3. The number of furan rings is 1. The minimum atomic E-state index is 0.914. The maximum Gasteiger partial charge on any atom is 0.143 e. The van der Waals surface area contributed by atoms with Gasteiger partial charge in [-0.3, -0.25) is 0 Å². The van der Waals surface area contributed by atoms with Gasteiger partial charge in [0.05, 0.1) is 11.2 Å². The summed E-state index contributed by atoms with van der Waals surface area (Å²) < 4.78 is 9.36. The lowest BCUT2D eigenvalue weighted by molar-refractivity contribution is 0.671. The zero-order valence-electron chi connectivity index (χ0n) is 25.7. The predicted molar refractivity (Wildman–Crippen MR) is 205 cm³/mol. The first kappa shape index (κ1) is 26.1. The van der Waals surface area contributed by atoms with Crippen molar-refractivity contribution < 1.29 is 4.42 Å². The first-order valence-corrected chi connectivity index (χ1v) is 17.1. The summed E-state index contributed by atoms with van der Waals surface area (Å²) in [5, 5.41) is 13.4. The van der Waals surface area contributed by atoms with Crippen molar-refractivity contribution in [3.05, 3.63) is 152 Å². The number of benzene rings is 8. The summed E-state index contributed by atoms with van der Waals surface area (Å²) in [4.78, 5) is 5.27. The lowest BCUT2D eigenvalue weighted by Crippen LogP contribution is -1.90. The fraction of sp³-hybridized carbons (Fsp3) is 0. The molecule has 3 heterocycles. The summed E-state index contributed by atoms with van der Waals surface area (Å²) in [5.41, 5.74) is 7.18. The van der Waals surface area contributed by atoms with Gasteiger partial charge in [0.15, 0.2) is 0 Å². The zero-order chi connectivity index (χ0) is 31.3. The van der Waals surface area contributed by atoms with Crippen LogP contribution in [0, 0.1) is 0 Å². The van der Waals surface area contributed by atoms with E-state index in [2.05, 4.69) is 152 Å². The molecule has 11 aromatic rings. The minimum Gasteiger partial charge on any atom is -0.455 e. The minimum absolute atomic E-state index is 0.914. The highest BCUT2D eigenvalue weighted by molar-refractivity contribution is 7.26. The molecule has 0 fully saturated rings. The molecule has 3 aromatic heterocycles. The van der Waals surface area contributed by atoms with Crippen molar-refractivity contribution in [3.63, 3.8) is 0 Å². The fourth-order valence-corrected chi connectivity index (χ4v) is 9.03. The van der Waals surface area contributed by atoms with Crippen LogP contribution in [0.25, 0.3) is 108 Å². The smallest absolute Gasteiger partial charge is 0.143 e.